The highest BCUT2D eigenvalue weighted by atomic mass is 79.9. The molecule has 110 valence electrons. The van der Waals surface area contributed by atoms with E-state index in [0.29, 0.717) is 16.7 Å². The van der Waals surface area contributed by atoms with Crippen LogP contribution in [0.5, 0.6) is 0 Å². The van der Waals surface area contributed by atoms with Gasteiger partial charge in [-0.05, 0) is 52.7 Å². The number of para-hydroxylation sites is 1. The Morgan fingerprint density at radius 1 is 1.14 bits per heavy atom. The van der Waals surface area contributed by atoms with Crippen LogP contribution in [0, 0.1) is 6.92 Å². The lowest BCUT2D eigenvalue weighted by Gasteiger charge is -2.08. The first kappa shape index (κ1) is 14.5. The number of fused-ring (bicyclic) bond motifs is 1. The predicted molar refractivity (Wildman–Crippen MR) is 89.3 cm³/mol. The average molecular weight is 358 g/mol. The molecule has 1 N–H and O–H groups in total. The molecule has 5 heteroatoms. The van der Waals surface area contributed by atoms with Crippen molar-refractivity contribution in [2.24, 2.45) is 0 Å². The lowest BCUT2D eigenvalue weighted by Crippen LogP contribution is -2.20. The van der Waals surface area contributed by atoms with Crippen molar-refractivity contribution >= 4 is 38.5 Å². The van der Waals surface area contributed by atoms with Crippen molar-refractivity contribution in [3.63, 3.8) is 0 Å². The number of hydrogen-bond acceptors (Lipinski definition) is 3. The molecule has 0 spiro atoms. The van der Waals surface area contributed by atoms with E-state index in [1.165, 1.54) is 0 Å². The molecule has 3 rings (SSSR count). The summed E-state index contributed by atoms with van der Waals surface area (Å²) in [6.07, 6.45) is 0. The summed E-state index contributed by atoms with van der Waals surface area (Å²) in [7, 11) is 0. The number of carbonyl (C=O) groups excluding carboxylic acids is 1. The molecule has 0 aliphatic carbocycles. The van der Waals surface area contributed by atoms with Gasteiger partial charge in [-0.2, -0.15) is 0 Å². The van der Waals surface area contributed by atoms with E-state index in [4.69, 9.17) is 4.42 Å². The van der Waals surface area contributed by atoms with Gasteiger partial charge < -0.3 is 9.73 Å². The normalized spacial score (nSPS) is 10.6. The number of amides is 1. The second kappa shape index (κ2) is 5.77. The maximum Gasteiger partial charge on any atom is 0.349 e. The number of aryl methyl sites for hydroxylation is 1. The summed E-state index contributed by atoms with van der Waals surface area (Å²) in [6.45, 7) is 1.95. The van der Waals surface area contributed by atoms with Gasteiger partial charge in [0.15, 0.2) is 0 Å². The summed E-state index contributed by atoms with van der Waals surface area (Å²) in [5.41, 5.74) is 1.45. The molecular weight excluding hydrogens is 346 g/mol. The molecule has 0 atom stereocenters. The van der Waals surface area contributed by atoms with Crippen LogP contribution in [0.1, 0.15) is 15.9 Å². The third-order valence-electron chi connectivity index (χ3n) is 3.26. The quantitative estimate of drug-likeness (QED) is 0.701. The first-order valence-corrected chi connectivity index (χ1v) is 7.44. The van der Waals surface area contributed by atoms with E-state index in [2.05, 4.69) is 21.2 Å². The fraction of sp³-hybridized carbons (Fsp3) is 0.0588. The van der Waals surface area contributed by atoms with Gasteiger partial charge in [-0.3, -0.25) is 4.79 Å². The van der Waals surface area contributed by atoms with Gasteiger partial charge in [0, 0.05) is 9.86 Å². The number of nitrogens with one attached hydrogen (secondary N) is 1. The molecule has 1 amide bonds. The van der Waals surface area contributed by atoms with Crippen LogP contribution >= 0.6 is 15.9 Å². The Balaban J connectivity index is 1.98. The monoisotopic (exact) mass is 357 g/mol. The molecule has 0 aliphatic rings. The van der Waals surface area contributed by atoms with Gasteiger partial charge in [0.05, 0.1) is 5.69 Å². The minimum absolute atomic E-state index is 0.0221. The summed E-state index contributed by atoms with van der Waals surface area (Å²) in [6, 6.07) is 14.2. The molecule has 3 aromatic rings. The summed E-state index contributed by atoms with van der Waals surface area (Å²) >= 11 is 3.39. The Kier molecular flexibility index (Phi) is 3.81. The fourth-order valence-corrected chi connectivity index (χ4v) is 2.72. The number of benzene rings is 2. The Morgan fingerprint density at radius 2 is 1.91 bits per heavy atom. The Hall–Kier alpha value is -2.40. The van der Waals surface area contributed by atoms with Gasteiger partial charge in [-0.15, -0.1) is 0 Å². The van der Waals surface area contributed by atoms with Crippen LogP contribution in [-0.2, 0) is 0 Å². The van der Waals surface area contributed by atoms with E-state index >= 15 is 0 Å². The second-order valence-electron chi connectivity index (χ2n) is 4.92. The van der Waals surface area contributed by atoms with E-state index in [-0.39, 0.29) is 5.56 Å². The van der Waals surface area contributed by atoms with Gasteiger partial charge in [0.25, 0.3) is 5.91 Å². The lowest BCUT2D eigenvalue weighted by atomic mass is 10.1. The smallest absolute Gasteiger partial charge is 0.349 e. The molecule has 0 fully saturated rings. The summed E-state index contributed by atoms with van der Waals surface area (Å²) in [5, 5.41) is 3.42. The molecule has 0 bridgehead atoms. The first-order valence-electron chi connectivity index (χ1n) is 6.65. The third kappa shape index (κ3) is 2.80. The number of rotatable bonds is 2. The standard InChI is InChI=1S/C17H12BrNO3/c1-10-6-7-14(13(18)8-10)19-16(20)12-9-11-4-2-3-5-15(11)22-17(12)21/h2-9H,1H3,(H,19,20). The minimum Gasteiger partial charge on any atom is -0.422 e. The van der Waals surface area contributed by atoms with Gasteiger partial charge in [-0.1, -0.05) is 24.3 Å². The predicted octanol–water partition coefficient (Wildman–Crippen LogP) is 4.12. The van der Waals surface area contributed by atoms with Crippen molar-refractivity contribution in [2.45, 2.75) is 6.92 Å². The van der Waals surface area contributed by atoms with Crippen molar-refractivity contribution in [1.82, 2.24) is 0 Å². The molecule has 4 nitrogen and oxygen atoms in total. The largest absolute Gasteiger partial charge is 0.422 e. The van der Waals surface area contributed by atoms with Crippen LogP contribution in [0.2, 0.25) is 0 Å². The van der Waals surface area contributed by atoms with Crippen molar-refractivity contribution < 1.29 is 9.21 Å². The second-order valence-corrected chi connectivity index (χ2v) is 5.78. The van der Waals surface area contributed by atoms with Crippen LogP contribution in [0.3, 0.4) is 0 Å². The van der Waals surface area contributed by atoms with Crippen LogP contribution < -0.4 is 10.9 Å². The average Bonchev–Trinajstić information content (AvgIpc) is 2.49. The van der Waals surface area contributed by atoms with Crippen LogP contribution in [0.4, 0.5) is 5.69 Å². The Morgan fingerprint density at radius 3 is 2.68 bits per heavy atom. The lowest BCUT2D eigenvalue weighted by molar-refractivity contribution is 0.102. The minimum atomic E-state index is -0.653. The van der Waals surface area contributed by atoms with Crippen LogP contribution in [0.25, 0.3) is 11.0 Å². The third-order valence-corrected chi connectivity index (χ3v) is 3.91. The molecule has 0 aliphatic heterocycles. The molecule has 1 heterocycles. The zero-order valence-electron chi connectivity index (χ0n) is 11.7. The van der Waals surface area contributed by atoms with Crippen LogP contribution in [-0.4, -0.2) is 5.91 Å². The van der Waals surface area contributed by atoms with Gasteiger partial charge in [0.1, 0.15) is 11.1 Å². The topological polar surface area (TPSA) is 59.3 Å². The molecule has 2 aromatic carbocycles. The molecule has 0 saturated heterocycles. The van der Waals surface area contributed by atoms with Crippen molar-refractivity contribution in [3.05, 3.63) is 74.6 Å². The summed E-state index contributed by atoms with van der Waals surface area (Å²) in [5.74, 6) is -0.496. The van der Waals surface area contributed by atoms with Gasteiger partial charge >= 0.3 is 5.63 Å². The zero-order valence-corrected chi connectivity index (χ0v) is 13.3. The molecule has 0 saturated carbocycles. The van der Waals surface area contributed by atoms with Gasteiger partial charge in [0.2, 0.25) is 0 Å². The summed E-state index contributed by atoms with van der Waals surface area (Å²) in [4.78, 5) is 24.3. The maximum absolute atomic E-state index is 12.3. The zero-order chi connectivity index (χ0) is 15.7. The number of halogens is 1. The van der Waals surface area contributed by atoms with Crippen molar-refractivity contribution in [2.75, 3.05) is 5.32 Å². The molecule has 22 heavy (non-hydrogen) atoms. The SMILES string of the molecule is Cc1ccc(NC(=O)c2cc3ccccc3oc2=O)c(Br)c1. The fourth-order valence-electron chi connectivity index (χ4n) is 2.13. The molecule has 0 unspecified atom stereocenters. The van der Waals surface area contributed by atoms with Crippen molar-refractivity contribution in [3.8, 4) is 0 Å². The molecule has 1 aromatic heterocycles. The first-order chi connectivity index (χ1) is 10.5. The summed E-state index contributed by atoms with van der Waals surface area (Å²) < 4.78 is 5.93. The van der Waals surface area contributed by atoms with E-state index in [9.17, 15) is 9.59 Å². The Bertz CT molecular complexity index is 931. The number of carbonyl (C=O) groups is 1. The highest BCUT2D eigenvalue weighted by Gasteiger charge is 2.14. The maximum atomic E-state index is 12.3. The van der Waals surface area contributed by atoms with E-state index in [1.807, 2.05) is 25.1 Å². The highest BCUT2D eigenvalue weighted by molar-refractivity contribution is 9.10. The number of anilines is 1. The van der Waals surface area contributed by atoms with Crippen molar-refractivity contribution in [1.29, 1.82) is 0 Å². The molecular formula is C17H12BrNO3. The number of hydrogen-bond donors (Lipinski definition) is 1. The van der Waals surface area contributed by atoms with E-state index in [1.54, 1.807) is 30.3 Å². The van der Waals surface area contributed by atoms with E-state index < -0.39 is 11.5 Å². The Labute approximate surface area is 134 Å². The van der Waals surface area contributed by atoms with E-state index in [0.717, 1.165) is 10.0 Å². The van der Waals surface area contributed by atoms with Gasteiger partial charge in [-0.25, -0.2) is 4.79 Å². The molecule has 0 radical (unpaired) electrons. The highest BCUT2D eigenvalue weighted by Crippen LogP contribution is 2.24. The van der Waals surface area contributed by atoms with Crippen LogP contribution in [0.15, 0.2) is 62.2 Å².